The van der Waals surface area contributed by atoms with Crippen molar-refractivity contribution < 1.29 is 4.79 Å². The van der Waals surface area contributed by atoms with E-state index in [1.807, 2.05) is 29.2 Å². The summed E-state index contributed by atoms with van der Waals surface area (Å²) in [4.78, 5) is 24.5. The average molecular weight is 391 g/mol. The van der Waals surface area contributed by atoms with Gasteiger partial charge in [-0.15, -0.1) is 0 Å². The second kappa shape index (κ2) is 8.15. The molecule has 0 aliphatic carbocycles. The predicted molar refractivity (Wildman–Crippen MR) is 115 cm³/mol. The zero-order valence-electron chi connectivity index (χ0n) is 17.1. The molecule has 5 nitrogen and oxygen atoms in total. The molecule has 1 aromatic heterocycles. The molecule has 2 aromatic rings. The minimum atomic E-state index is 0.0732. The molecule has 0 unspecified atom stereocenters. The standard InChI is InChI=1S/C24H30N4O/c29-24(28-17-20-6-2-3-7-21(20)18-28)19-8-9-23(25-16-19)27-14-10-22(11-15-27)26-12-4-1-5-13-26/h2-3,6-9,16,22H,1,4-5,10-15,17-18H2. The Morgan fingerprint density at radius 1 is 0.862 bits per heavy atom. The summed E-state index contributed by atoms with van der Waals surface area (Å²) in [6, 6.07) is 13.0. The summed E-state index contributed by atoms with van der Waals surface area (Å²) >= 11 is 0. The van der Waals surface area contributed by atoms with Crippen molar-refractivity contribution in [3.05, 3.63) is 59.3 Å². The molecule has 4 heterocycles. The maximum Gasteiger partial charge on any atom is 0.256 e. The number of aromatic nitrogens is 1. The molecule has 0 saturated carbocycles. The first-order chi connectivity index (χ1) is 14.3. The van der Waals surface area contributed by atoms with E-state index in [-0.39, 0.29) is 5.91 Å². The molecule has 5 heteroatoms. The Morgan fingerprint density at radius 2 is 1.55 bits per heavy atom. The van der Waals surface area contributed by atoms with Gasteiger partial charge in [0.15, 0.2) is 0 Å². The van der Waals surface area contributed by atoms with Crippen molar-refractivity contribution in [1.82, 2.24) is 14.8 Å². The van der Waals surface area contributed by atoms with Crippen molar-refractivity contribution >= 4 is 11.7 Å². The van der Waals surface area contributed by atoms with Crippen LogP contribution < -0.4 is 4.90 Å². The molecule has 0 bridgehead atoms. The number of hydrogen-bond donors (Lipinski definition) is 0. The van der Waals surface area contributed by atoms with Crippen LogP contribution in [0.25, 0.3) is 0 Å². The molecule has 0 spiro atoms. The van der Waals surface area contributed by atoms with E-state index in [1.54, 1.807) is 6.20 Å². The van der Waals surface area contributed by atoms with Crippen LogP contribution in [0.1, 0.15) is 53.6 Å². The third-order valence-corrected chi connectivity index (χ3v) is 6.82. The van der Waals surface area contributed by atoms with Gasteiger partial charge < -0.3 is 14.7 Å². The van der Waals surface area contributed by atoms with Gasteiger partial charge >= 0.3 is 0 Å². The lowest BCUT2D eigenvalue weighted by Crippen LogP contribution is -2.46. The quantitative estimate of drug-likeness (QED) is 0.801. The normalized spacial score (nSPS) is 20.7. The van der Waals surface area contributed by atoms with Gasteiger partial charge in [0.1, 0.15) is 5.82 Å². The van der Waals surface area contributed by atoms with Crippen LogP contribution in [0.3, 0.4) is 0 Å². The lowest BCUT2D eigenvalue weighted by Gasteiger charge is -2.40. The number of carbonyl (C=O) groups is 1. The second-order valence-electron chi connectivity index (χ2n) is 8.65. The highest BCUT2D eigenvalue weighted by Crippen LogP contribution is 2.26. The summed E-state index contributed by atoms with van der Waals surface area (Å²) in [6.45, 7) is 6.06. The minimum Gasteiger partial charge on any atom is -0.357 e. The van der Waals surface area contributed by atoms with Gasteiger partial charge in [0.2, 0.25) is 0 Å². The number of likely N-dealkylation sites (tertiary alicyclic amines) is 1. The van der Waals surface area contributed by atoms with E-state index in [9.17, 15) is 4.79 Å². The van der Waals surface area contributed by atoms with Crippen molar-refractivity contribution in [2.75, 3.05) is 31.1 Å². The Kier molecular flexibility index (Phi) is 5.23. The molecule has 5 rings (SSSR count). The second-order valence-corrected chi connectivity index (χ2v) is 8.65. The lowest BCUT2D eigenvalue weighted by molar-refractivity contribution is 0.0751. The minimum absolute atomic E-state index is 0.0732. The molecule has 1 aromatic carbocycles. The molecular formula is C24H30N4O. The van der Waals surface area contributed by atoms with E-state index in [4.69, 9.17) is 0 Å². The predicted octanol–water partition coefficient (Wildman–Crippen LogP) is 3.69. The Hall–Kier alpha value is -2.40. The number of hydrogen-bond acceptors (Lipinski definition) is 4. The first kappa shape index (κ1) is 18.6. The van der Waals surface area contributed by atoms with E-state index >= 15 is 0 Å². The van der Waals surface area contributed by atoms with E-state index in [1.165, 1.54) is 56.3 Å². The smallest absolute Gasteiger partial charge is 0.256 e. The number of amides is 1. The fraction of sp³-hybridized carbons (Fsp3) is 0.500. The van der Waals surface area contributed by atoms with Gasteiger partial charge in [-0.25, -0.2) is 4.98 Å². The van der Waals surface area contributed by atoms with E-state index < -0.39 is 0 Å². The fourth-order valence-electron chi connectivity index (χ4n) is 5.10. The molecule has 2 fully saturated rings. The molecule has 0 N–H and O–H groups in total. The largest absolute Gasteiger partial charge is 0.357 e. The van der Waals surface area contributed by atoms with Crippen LogP contribution in [0.4, 0.5) is 5.82 Å². The molecule has 0 atom stereocenters. The number of nitrogens with zero attached hydrogens (tertiary/aromatic N) is 4. The number of carbonyl (C=O) groups excluding carboxylic acids is 1. The van der Waals surface area contributed by atoms with Gasteiger partial charge in [-0.05, 0) is 62.0 Å². The lowest BCUT2D eigenvalue weighted by atomic mass is 10.00. The summed E-state index contributed by atoms with van der Waals surface area (Å²) in [7, 11) is 0. The number of anilines is 1. The zero-order valence-corrected chi connectivity index (χ0v) is 17.1. The number of rotatable bonds is 3. The van der Waals surface area contributed by atoms with Gasteiger partial charge in [0.05, 0.1) is 5.56 Å². The van der Waals surface area contributed by atoms with Crippen molar-refractivity contribution in [2.45, 2.75) is 51.2 Å². The van der Waals surface area contributed by atoms with E-state index in [2.05, 4.69) is 26.9 Å². The van der Waals surface area contributed by atoms with Gasteiger partial charge in [0, 0.05) is 38.4 Å². The summed E-state index contributed by atoms with van der Waals surface area (Å²) in [5, 5.41) is 0. The van der Waals surface area contributed by atoms with Crippen LogP contribution in [0.15, 0.2) is 42.6 Å². The average Bonchev–Trinajstić information content (AvgIpc) is 3.24. The maximum atomic E-state index is 12.9. The molecule has 3 aliphatic rings. The monoisotopic (exact) mass is 390 g/mol. The SMILES string of the molecule is O=C(c1ccc(N2CCC(N3CCCCC3)CC2)nc1)N1Cc2ccccc2C1. The summed E-state index contributed by atoms with van der Waals surface area (Å²) < 4.78 is 0. The van der Waals surface area contributed by atoms with Gasteiger partial charge in [0.25, 0.3) is 5.91 Å². The highest BCUT2D eigenvalue weighted by Gasteiger charge is 2.27. The number of benzene rings is 1. The van der Waals surface area contributed by atoms with Crippen molar-refractivity contribution in [3.8, 4) is 0 Å². The Balaban J connectivity index is 1.18. The van der Waals surface area contributed by atoms with Crippen LogP contribution >= 0.6 is 0 Å². The summed E-state index contributed by atoms with van der Waals surface area (Å²) in [5.41, 5.74) is 3.19. The summed E-state index contributed by atoms with van der Waals surface area (Å²) in [6.07, 6.45) is 8.31. The highest BCUT2D eigenvalue weighted by atomic mass is 16.2. The van der Waals surface area contributed by atoms with Crippen molar-refractivity contribution in [2.24, 2.45) is 0 Å². The van der Waals surface area contributed by atoms with Crippen LogP contribution in [0.2, 0.25) is 0 Å². The Bertz CT molecular complexity index is 826. The molecule has 3 aliphatic heterocycles. The first-order valence-corrected chi connectivity index (χ1v) is 11.1. The molecular weight excluding hydrogens is 360 g/mol. The van der Waals surface area contributed by atoms with E-state index in [0.29, 0.717) is 18.7 Å². The molecule has 0 radical (unpaired) electrons. The number of fused-ring (bicyclic) bond motifs is 1. The van der Waals surface area contributed by atoms with Gasteiger partial charge in [-0.1, -0.05) is 30.7 Å². The van der Waals surface area contributed by atoms with Crippen LogP contribution in [0, 0.1) is 0 Å². The van der Waals surface area contributed by atoms with Crippen LogP contribution in [0.5, 0.6) is 0 Å². The van der Waals surface area contributed by atoms with Crippen molar-refractivity contribution in [1.29, 1.82) is 0 Å². The summed E-state index contributed by atoms with van der Waals surface area (Å²) in [5.74, 6) is 1.08. The molecule has 152 valence electrons. The van der Waals surface area contributed by atoms with Crippen molar-refractivity contribution in [3.63, 3.8) is 0 Å². The first-order valence-electron chi connectivity index (χ1n) is 11.1. The van der Waals surface area contributed by atoms with Crippen LogP contribution in [-0.2, 0) is 13.1 Å². The molecule has 1 amide bonds. The Labute approximate surface area is 173 Å². The third kappa shape index (κ3) is 3.88. The molecule has 2 saturated heterocycles. The topological polar surface area (TPSA) is 39.7 Å². The van der Waals surface area contributed by atoms with Gasteiger partial charge in [-0.3, -0.25) is 4.79 Å². The fourth-order valence-corrected chi connectivity index (χ4v) is 5.10. The van der Waals surface area contributed by atoms with Gasteiger partial charge in [-0.2, -0.15) is 0 Å². The third-order valence-electron chi connectivity index (χ3n) is 6.82. The Morgan fingerprint density at radius 3 is 2.17 bits per heavy atom. The van der Waals surface area contributed by atoms with E-state index in [0.717, 1.165) is 24.9 Å². The number of pyridine rings is 1. The molecule has 29 heavy (non-hydrogen) atoms. The number of piperidine rings is 2. The zero-order chi connectivity index (χ0) is 19.6. The highest BCUT2D eigenvalue weighted by molar-refractivity contribution is 5.94. The van der Waals surface area contributed by atoms with Crippen LogP contribution in [-0.4, -0.2) is 52.9 Å². The maximum absolute atomic E-state index is 12.9.